The molecule has 2 atom stereocenters. The van der Waals surface area contributed by atoms with Crippen molar-refractivity contribution >= 4 is 0 Å². The molecule has 0 aliphatic rings. The molecule has 0 fully saturated rings. The van der Waals surface area contributed by atoms with E-state index in [4.69, 9.17) is 0 Å². The highest BCUT2D eigenvalue weighted by Gasteiger charge is 2.12. The van der Waals surface area contributed by atoms with Crippen molar-refractivity contribution < 1.29 is 0 Å². The number of hydrogen-bond acceptors (Lipinski definition) is 1. The number of hydrogen-bond donors (Lipinski definition) is 1. The van der Waals surface area contributed by atoms with E-state index in [-0.39, 0.29) is 0 Å². The maximum atomic E-state index is 4.09. The molecule has 1 N–H and O–H groups in total. The van der Waals surface area contributed by atoms with Crippen molar-refractivity contribution in [2.45, 2.75) is 47.1 Å². The van der Waals surface area contributed by atoms with Crippen molar-refractivity contribution in [1.82, 2.24) is 5.32 Å². The molecule has 0 spiro atoms. The van der Waals surface area contributed by atoms with Gasteiger partial charge in [0.05, 0.1) is 0 Å². The first-order chi connectivity index (χ1) is 6.40. The minimum atomic E-state index is 0.330. The van der Waals surface area contributed by atoms with Crippen LogP contribution in [0.15, 0.2) is 24.4 Å². The Morgan fingerprint density at radius 3 is 2.00 bits per heavy atom. The van der Waals surface area contributed by atoms with Gasteiger partial charge in [-0.2, -0.15) is 0 Å². The molecule has 0 aromatic carbocycles. The van der Waals surface area contributed by atoms with Gasteiger partial charge in [-0.15, -0.1) is 0 Å². The van der Waals surface area contributed by atoms with Crippen LogP contribution in [0, 0.1) is 11.8 Å². The van der Waals surface area contributed by atoms with Crippen molar-refractivity contribution in [3.8, 4) is 0 Å². The Hall–Kier alpha value is -0.720. The molecule has 0 heterocycles. The van der Waals surface area contributed by atoms with Crippen LogP contribution in [-0.2, 0) is 0 Å². The van der Waals surface area contributed by atoms with E-state index in [1.807, 2.05) is 0 Å². The summed E-state index contributed by atoms with van der Waals surface area (Å²) in [7, 11) is 0. The Kier molecular flexibility index (Phi) is 5.59. The summed E-state index contributed by atoms with van der Waals surface area (Å²) in [6.07, 6.45) is 1.13. The van der Waals surface area contributed by atoms with Crippen molar-refractivity contribution in [2.75, 3.05) is 0 Å². The van der Waals surface area contributed by atoms with Crippen LogP contribution >= 0.6 is 0 Å². The minimum Gasteiger partial charge on any atom is -0.382 e. The average molecular weight is 195 g/mol. The molecule has 0 aromatic rings. The van der Waals surface area contributed by atoms with E-state index in [1.165, 1.54) is 5.57 Å². The van der Waals surface area contributed by atoms with Gasteiger partial charge in [-0.3, -0.25) is 0 Å². The minimum absolute atomic E-state index is 0.330. The second-order valence-corrected chi connectivity index (χ2v) is 4.43. The van der Waals surface area contributed by atoms with Crippen LogP contribution in [0.3, 0.4) is 0 Å². The predicted molar refractivity (Wildman–Crippen MR) is 65.2 cm³/mol. The van der Waals surface area contributed by atoms with E-state index in [9.17, 15) is 0 Å². The molecule has 0 saturated heterocycles. The summed E-state index contributed by atoms with van der Waals surface area (Å²) in [4.78, 5) is 0. The number of nitrogens with one attached hydrogen (secondary N) is 1. The summed E-state index contributed by atoms with van der Waals surface area (Å²) < 4.78 is 0. The summed E-state index contributed by atoms with van der Waals surface area (Å²) in [6, 6.07) is 0.330. The van der Waals surface area contributed by atoms with Gasteiger partial charge in [0.1, 0.15) is 0 Å². The lowest BCUT2D eigenvalue weighted by Gasteiger charge is -2.24. The Bertz CT molecular complexity index is 203. The van der Waals surface area contributed by atoms with E-state index < -0.39 is 0 Å². The maximum absolute atomic E-state index is 4.09. The van der Waals surface area contributed by atoms with Crippen molar-refractivity contribution in [1.29, 1.82) is 0 Å². The first-order valence-corrected chi connectivity index (χ1v) is 5.54. The van der Waals surface area contributed by atoms with E-state index in [1.54, 1.807) is 0 Å². The van der Waals surface area contributed by atoms with Crippen LogP contribution in [0.5, 0.6) is 0 Å². The summed E-state index contributed by atoms with van der Waals surface area (Å²) >= 11 is 0. The number of rotatable bonds is 6. The number of allylic oxidation sites excluding steroid dienone is 1. The Morgan fingerprint density at radius 1 is 1.14 bits per heavy atom. The quantitative estimate of drug-likeness (QED) is 0.637. The van der Waals surface area contributed by atoms with Crippen molar-refractivity contribution in [3.05, 3.63) is 24.4 Å². The lowest BCUT2D eigenvalue weighted by atomic mass is 9.97. The summed E-state index contributed by atoms with van der Waals surface area (Å²) in [5.74, 6) is 1.07. The average Bonchev–Trinajstić information content (AvgIpc) is 2.14. The fourth-order valence-corrected chi connectivity index (χ4v) is 1.26. The Labute approximate surface area is 89.3 Å². The second-order valence-electron chi connectivity index (χ2n) is 4.43. The van der Waals surface area contributed by atoms with Crippen LogP contribution in [0.4, 0.5) is 0 Å². The Balaban J connectivity index is 4.12. The molecule has 0 amide bonds. The van der Waals surface area contributed by atoms with Crippen molar-refractivity contribution in [3.63, 3.8) is 0 Å². The summed E-state index contributed by atoms with van der Waals surface area (Å²) in [5.41, 5.74) is 2.37. The third kappa shape index (κ3) is 3.99. The molecule has 0 bridgehead atoms. The highest BCUT2D eigenvalue weighted by Crippen LogP contribution is 2.15. The van der Waals surface area contributed by atoms with Gasteiger partial charge in [0.25, 0.3) is 0 Å². The molecule has 0 aliphatic heterocycles. The third-order valence-electron chi connectivity index (χ3n) is 2.91. The second kappa shape index (κ2) is 5.90. The lowest BCUT2D eigenvalue weighted by molar-refractivity contribution is 0.537. The van der Waals surface area contributed by atoms with Gasteiger partial charge in [0.15, 0.2) is 0 Å². The molecule has 82 valence electrons. The molecule has 0 aliphatic carbocycles. The fraction of sp³-hybridized carbons (Fsp3) is 0.692. The monoisotopic (exact) mass is 195 g/mol. The third-order valence-corrected chi connectivity index (χ3v) is 2.91. The molecule has 0 saturated carbocycles. The van der Waals surface area contributed by atoms with E-state index in [2.05, 4.69) is 53.1 Å². The van der Waals surface area contributed by atoms with Gasteiger partial charge in [-0.25, -0.2) is 0 Å². The Morgan fingerprint density at radius 2 is 1.64 bits per heavy atom. The van der Waals surface area contributed by atoms with Crippen LogP contribution in [-0.4, -0.2) is 6.04 Å². The normalized spacial score (nSPS) is 15.0. The van der Waals surface area contributed by atoms with Crippen LogP contribution in [0.1, 0.15) is 41.0 Å². The topological polar surface area (TPSA) is 12.0 Å². The van der Waals surface area contributed by atoms with Gasteiger partial charge >= 0.3 is 0 Å². The molecule has 1 heteroatoms. The van der Waals surface area contributed by atoms with Gasteiger partial charge in [0, 0.05) is 11.7 Å². The zero-order valence-corrected chi connectivity index (χ0v) is 10.4. The smallest absolute Gasteiger partial charge is 0.0442 e. The molecule has 1 nitrogen and oxygen atoms in total. The van der Waals surface area contributed by atoms with Gasteiger partial charge in [-0.1, -0.05) is 46.4 Å². The first kappa shape index (κ1) is 13.3. The molecular formula is C13H25N. The van der Waals surface area contributed by atoms with E-state index >= 15 is 0 Å². The lowest BCUT2D eigenvalue weighted by Crippen LogP contribution is -2.30. The molecule has 14 heavy (non-hydrogen) atoms. The van der Waals surface area contributed by atoms with Crippen LogP contribution in [0.25, 0.3) is 0 Å². The van der Waals surface area contributed by atoms with E-state index in [0.717, 1.165) is 12.1 Å². The fourth-order valence-electron chi connectivity index (χ4n) is 1.26. The highest BCUT2D eigenvalue weighted by molar-refractivity contribution is 5.11. The maximum Gasteiger partial charge on any atom is 0.0442 e. The molecule has 0 rings (SSSR count). The zero-order chi connectivity index (χ0) is 11.3. The SMILES string of the molecule is C=C(NC(C)C(=C)C(C)C)C(C)CC. The molecule has 2 unspecified atom stereocenters. The van der Waals surface area contributed by atoms with E-state index in [0.29, 0.717) is 17.9 Å². The van der Waals surface area contributed by atoms with Crippen LogP contribution < -0.4 is 5.32 Å². The predicted octanol–water partition coefficient (Wildman–Crippen LogP) is 3.74. The van der Waals surface area contributed by atoms with Crippen LogP contribution in [0.2, 0.25) is 0 Å². The van der Waals surface area contributed by atoms with Gasteiger partial charge < -0.3 is 5.32 Å². The molecular weight excluding hydrogens is 170 g/mol. The molecule has 0 radical (unpaired) electrons. The summed E-state index contributed by atoms with van der Waals surface area (Å²) in [6.45, 7) is 19.0. The highest BCUT2D eigenvalue weighted by atomic mass is 14.9. The zero-order valence-electron chi connectivity index (χ0n) is 10.4. The first-order valence-electron chi connectivity index (χ1n) is 5.54. The van der Waals surface area contributed by atoms with Gasteiger partial charge in [-0.05, 0) is 25.2 Å². The van der Waals surface area contributed by atoms with Gasteiger partial charge in [0.2, 0.25) is 0 Å². The van der Waals surface area contributed by atoms with Crippen molar-refractivity contribution in [2.24, 2.45) is 11.8 Å². The standard InChI is InChI=1S/C13H25N/c1-8-10(4)12(6)14-13(7)11(5)9(2)3/h9-10,13-14H,5-6,8H2,1-4,7H3. The molecule has 0 aromatic heterocycles. The largest absolute Gasteiger partial charge is 0.382 e. The summed E-state index contributed by atoms with van der Waals surface area (Å²) in [5, 5.41) is 3.42.